The van der Waals surface area contributed by atoms with Gasteiger partial charge in [0.05, 0.1) is 13.7 Å². The van der Waals surface area contributed by atoms with Gasteiger partial charge < -0.3 is 49.6 Å². The van der Waals surface area contributed by atoms with Crippen LogP contribution in [0.4, 0.5) is 0 Å². The molecule has 2 aromatic carbocycles. The maximum absolute atomic E-state index is 10.4. The fraction of sp³-hybridized carbons (Fsp3) is 0.500. The third kappa shape index (κ3) is 4.65. The lowest BCUT2D eigenvalue weighted by molar-refractivity contribution is -0.277. The highest BCUT2D eigenvalue weighted by Gasteiger charge is 2.45. The van der Waals surface area contributed by atoms with Crippen molar-refractivity contribution in [2.75, 3.05) is 20.3 Å². The van der Waals surface area contributed by atoms with Crippen molar-refractivity contribution in [1.82, 2.24) is 0 Å². The molecule has 0 aromatic heterocycles. The minimum Gasteiger partial charge on any atom is -0.508 e. The molecule has 1 saturated heterocycles. The van der Waals surface area contributed by atoms with E-state index in [-0.39, 0.29) is 18.1 Å². The molecular formula is C24H30O10. The van der Waals surface area contributed by atoms with Crippen LogP contribution < -0.4 is 14.2 Å². The van der Waals surface area contributed by atoms with Crippen LogP contribution in [-0.2, 0) is 17.6 Å². The molecule has 0 bridgehead atoms. The van der Waals surface area contributed by atoms with Crippen LogP contribution >= 0.6 is 0 Å². The molecule has 2 heterocycles. The summed E-state index contributed by atoms with van der Waals surface area (Å²) in [6.07, 6.45) is -6.10. The number of fused-ring (bicyclic) bond motifs is 1. The normalized spacial score (nSPS) is 28.6. The predicted octanol–water partition coefficient (Wildman–Crippen LogP) is 0.181. The number of aliphatic hydroxyl groups is 5. The summed E-state index contributed by atoms with van der Waals surface area (Å²) in [6.45, 7) is -0.665. The average Bonchev–Trinajstić information content (AvgIpc) is 2.84. The highest BCUT2D eigenvalue weighted by molar-refractivity contribution is 5.52. The summed E-state index contributed by atoms with van der Waals surface area (Å²) < 4.78 is 23.1. The Bertz CT molecular complexity index is 994. The van der Waals surface area contributed by atoms with Gasteiger partial charge in [-0.05, 0) is 36.6 Å². The maximum Gasteiger partial charge on any atom is 0.229 e. The molecule has 4 rings (SSSR count). The van der Waals surface area contributed by atoms with E-state index >= 15 is 0 Å². The molecule has 6 atom stereocenters. The largest absolute Gasteiger partial charge is 0.508 e. The molecule has 2 aromatic rings. The molecule has 10 nitrogen and oxygen atoms in total. The molecule has 1 fully saturated rings. The number of benzene rings is 2. The summed E-state index contributed by atoms with van der Waals surface area (Å²) in [5, 5.41) is 59.5. The van der Waals surface area contributed by atoms with Crippen LogP contribution in [0.1, 0.15) is 29.2 Å². The van der Waals surface area contributed by atoms with Crippen molar-refractivity contribution in [2.45, 2.75) is 56.1 Å². The minimum atomic E-state index is -1.60. The van der Waals surface area contributed by atoms with Crippen molar-refractivity contribution in [1.29, 1.82) is 0 Å². The van der Waals surface area contributed by atoms with Gasteiger partial charge in [-0.25, -0.2) is 0 Å². The molecule has 10 heteroatoms. The Morgan fingerprint density at radius 2 is 1.79 bits per heavy atom. The zero-order valence-corrected chi connectivity index (χ0v) is 18.7. The molecule has 0 saturated carbocycles. The zero-order chi connectivity index (χ0) is 24.4. The van der Waals surface area contributed by atoms with Crippen molar-refractivity contribution in [3.05, 3.63) is 47.0 Å². The number of methoxy groups -OCH3 is 1. The standard InChI is InChI=1S/C24H30O10/c1-31-16-6-2-12-3-7-17(32-23(12)15(16)8-9-25)14-5-4-13(27)10-18(14)33-24-22(30)21(29)20(28)19(11-26)34-24/h2,4-6,10,17,19-22,24-30H,3,7-9,11H2,1H3/t17-,19-,20-,21+,22-,24-/m1/s1. The summed E-state index contributed by atoms with van der Waals surface area (Å²) >= 11 is 0. The number of phenolic OH excluding ortho intramolecular Hbond substituents is 1. The molecule has 2 aliphatic heterocycles. The van der Waals surface area contributed by atoms with Crippen LogP contribution in [0.15, 0.2) is 30.3 Å². The second-order valence-electron chi connectivity index (χ2n) is 8.39. The van der Waals surface area contributed by atoms with Crippen molar-refractivity contribution in [3.63, 3.8) is 0 Å². The van der Waals surface area contributed by atoms with Crippen molar-refractivity contribution >= 4 is 0 Å². The Kier molecular flexibility index (Phi) is 7.46. The van der Waals surface area contributed by atoms with Crippen LogP contribution in [-0.4, -0.2) is 81.7 Å². The number of hydrogen-bond donors (Lipinski definition) is 6. The van der Waals surface area contributed by atoms with Gasteiger partial charge in [0.1, 0.15) is 53.5 Å². The molecule has 0 amide bonds. The van der Waals surface area contributed by atoms with Crippen LogP contribution in [0.5, 0.6) is 23.0 Å². The van der Waals surface area contributed by atoms with Gasteiger partial charge in [0.25, 0.3) is 0 Å². The van der Waals surface area contributed by atoms with Crippen molar-refractivity contribution < 1.29 is 49.6 Å². The van der Waals surface area contributed by atoms with E-state index in [0.29, 0.717) is 36.3 Å². The summed E-state index contributed by atoms with van der Waals surface area (Å²) in [6, 6.07) is 8.23. The fourth-order valence-corrected chi connectivity index (χ4v) is 4.43. The van der Waals surface area contributed by atoms with E-state index in [1.165, 1.54) is 12.1 Å². The van der Waals surface area contributed by atoms with E-state index in [9.17, 15) is 30.6 Å². The average molecular weight is 478 g/mol. The molecule has 0 radical (unpaired) electrons. The topological polar surface area (TPSA) is 158 Å². The molecule has 6 N–H and O–H groups in total. The molecule has 2 aliphatic rings. The zero-order valence-electron chi connectivity index (χ0n) is 18.7. The highest BCUT2D eigenvalue weighted by atomic mass is 16.7. The summed E-state index contributed by atoms with van der Waals surface area (Å²) in [5.74, 6) is 1.29. The van der Waals surface area contributed by atoms with Gasteiger partial charge in [-0.1, -0.05) is 6.07 Å². The second kappa shape index (κ2) is 10.3. The van der Waals surface area contributed by atoms with Crippen LogP contribution in [0.3, 0.4) is 0 Å². The number of hydrogen-bond acceptors (Lipinski definition) is 10. The highest BCUT2D eigenvalue weighted by Crippen LogP contribution is 2.44. The van der Waals surface area contributed by atoms with Gasteiger partial charge in [0.2, 0.25) is 6.29 Å². The first-order valence-corrected chi connectivity index (χ1v) is 11.1. The molecule has 186 valence electrons. The number of rotatable bonds is 7. The molecular weight excluding hydrogens is 448 g/mol. The fourth-order valence-electron chi connectivity index (χ4n) is 4.43. The van der Waals surface area contributed by atoms with Gasteiger partial charge in [0.15, 0.2) is 0 Å². The van der Waals surface area contributed by atoms with E-state index in [0.717, 1.165) is 11.1 Å². The maximum atomic E-state index is 10.4. The monoisotopic (exact) mass is 478 g/mol. The van der Waals surface area contributed by atoms with E-state index in [2.05, 4.69) is 0 Å². The molecule has 0 unspecified atom stereocenters. The number of phenols is 1. The number of aliphatic hydroxyl groups excluding tert-OH is 5. The lowest BCUT2D eigenvalue weighted by Gasteiger charge is -2.40. The Labute approximate surface area is 196 Å². The van der Waals surface area contributed by atoms with Crippen molar-refractivity contribution in [2.24, 2.45) is 0 Å². The van der Waals surface area contributed by atoms with E-state index in [1.54, 1.807) is 13.2 Å². The van der Waals surface area contributed by atoms with Crippen molar-refractivity contribution in [3.8, 4) is 23.0 Å². The quantitative estimate of drug-likeness (QED) is 0.324. The minimum absolute atomic E-state index is 0.0779. The summed E-state index contributed by atoms with van der Waals surface area (Å²) in [4.78, 5) is 0. The lowest BCUT2D eigenvalue weighted by atomic mass is 9.93. The second-order valence-corrected chi connectivity index (χ2v) is 8.39. The first kappa shape index (κ1) is 24.5. The molecule has 0 aliphatic carbocycles. The van der Waals surface area contributed by atoms with Crippen LogP contribution in [0, 0.1) is 0 Å². The number of ether oxygens (including phenoxy) is 4. The van der Waals surface area contributed by atoms with E-state index < -0.39 is 43.4 Å². The van der Waals surface area contributed by atoms with Gasteiger partial charge in [-0.2, -0.15) is 0 Å². The molecule has 0 spiro atoms. The third-order valence-corrected chi connectivity index (χ3v) is 6.25. The lowest BCUT2D eigenvalue weighted by Crippen LogP contribution is -2.60. The number of aryl methyl sites for hydroxylation is 1. The molecule has 34 heavy (non-hydrogen) atoms. The third-order valence-electron chi connectivity index (χ3n) is 6.25. The van der Waals surface area contributed by atoms with Gasteiger partial charge >= 0.3 is 0 Å². The number of aromatic hydroxyl groups is 1. The van der Waals surface area contributed by atoms with E-state index in [1.807, 2.05) is 12.1 Å². The Morgan fingerprint density at radius 3 is 2.50 bits per heavy atom. The Balaban J connectivity index is 1.64. The Hall–Kier alpha value is -2.60. The van der Waals surface area contributed by atoms with E-state index in [4.69, 9.17) is 18.9 Å². The summed E-state index contributed by atoms with van der Waals surface area (Å²) in [5.41, 5.74) is 2.30. The Morgan fingerprint density at radius 1 is 1.00 bits per heavy atom. The van der Waals surface area contributed by atoms with Gasteiger partial charge in [0, 0.05) is 30.2 Å². The smallest absolute Gasteiger partial charge is 0.229 e. The van der Waals surface area contributed by atoms with Gasteiger partial charge in [-0.15, -0.1) is 0 Å². The first-order chi connectivity index (χ1) is 16.4. The SMILES string of the molecule is COc1ccc2c(c1CCO)O[C@@H](c1ccc(O)cc1O[C@@H]1O[C@H](CO)[C@@H](O)[C@H](O)[C@H]1O)CC2. The first-order valence-electron chi connectivity index (χ1n) is 11.1. The van der Waals surface area contributed by atoms with Crippen LogP contribution in [0.25, 0.3) is 0 Å². The predicted molar refractivity (Wildman–Crippen MR) is 118 cm³/mol. The van der Waals surface area contributed by atoms with Gasteiger partial charge in [-0.3, -0.25) is 0 Å². The van der Waals surface area contributed by atoms with Crippen LogP contribution in [0.2, 0.25) is 0 Å². The summed E-state index contributed by atoms with van der Waals surface area (Å²) in [7, 11) is 1.55.